The molecule has 0 bridgehead atoms. The van der Waals surface area contributed by atoms with Crippen molar-refractivity contribution in [2.45, 2.75) is 60.6 Å². The first kappa shape index (κ1) is 30.8. The molecule has 0 saturated carbocycles. The van der Waals surface area contributed by atoms with Gasteiger partial charge in [0.05, 0.1) is 0 Å². The van der Waals surface area contributed by atoms with Gasteiger partial charge < -0.3 is 10.4 Å². The van der Waals surface area contributed by atoms with Crippen LogP contribution in [0.1, 0.15) is 6.92 Å². The summed E-state index contributed by atoms with van der Waals surface area (Å²) < 4.78 is 221. The van der Waals surface area contributed by atoms with Crippen molar-refractivity contribution in [3.63, 3.8) is 0 Å². The Bertz CT molecular complexity index is 772. The molecule has 21 heteroatoms. The second kappa shape index (κ2) is 7.91. The van der Waals surface area contributed by atoms with Crippen LogP contribution in [0, 0.1) is 0 Å². The molecule has 4 nitrogen and oxygen atoms in total. The summed E-state index contributed by atoms with van der Waals surface area (Å²) in [5.41, 5.74) is 0. The number of hydrogen-bond donors (Lipinski definition) is 2. The molecule has 0 rings (SSSR count). The van der Waals surface area contributed by atoms with E-state index in [4.69, 9.17) is 5.11 Å². The molecule has 33 heavy (non-hydrogen) atoms. The van der Waals surface area contributed by atoms with Gasteiger partial charge in [0.2, 0.25) is 0 Å². The van der Waals surface area contributed by atoms with E-state index >= 15 is 0 Å². The van der Waals surface area contributed by atoms with Gasteiger partial charge in [-0.15, -0.1) is 0 Å². The lowest BCUT2D eigenvalue weighted by atomic mass is 9.88. The molecule has 0 aliphatic rings. The lowest BCUT2D eigenvalue weighted by molar-refractivity contribution is -0.459. The number of alkyl halides is 17. The zero-order valence-electron chi connectivity index (χ0n) is 14.8. The second-order valence-electron chi connectivity index (χ2n) is 6.05. The number of carbonyl (C=O) groups is 2. The molecule has 2 N–H and O–H groups in total. The van der Waals surface area contributed by atoms with Gasteiger partial charge in [0.25, 0.3) is 5.91 Å². The number of carbonyl (C=O) groups excluding carboxylic acids is 1. The van der Waals surface area contributed by atoms with E-state index in [1.807, 2.05) is 0 Å². The first-order chi connectivity index (χ1) is 14.0. The van der Waals surface area contributed by atoms with Crippen molar-refractivity contribution < 1.29 is 89.3 Å². The Morgan fingerprint density at radius 2 is 0.848 bits per heavy atom. The smallest absolute Gasteiger partial charge is 0.460 e. The predicted molar refractivity (Wildman–Crippen MR) is 65.9 cm³/mol. The van der Waals surface area contributed by atoms with Gasteiger partial charge in [-0.2, -0.15) is 74.6 Å². The molecule has 0 aromatic rings. The predicted octanol–water partition coefficient (Wildman–Crippen LogP) is 4.59. The molecule has 0 spiro atoms. The number of nitrogens with one attached hydrogen (secondary N) is 1. The third-order valence-corrected chi connectivity index (χ3v) is 3.73. The van der Waals surface area contributed by atoms with Crippen LogP contribution in [0.4, 0.5) is 74.6 Å². The van der Waals surface area contributed by atoms with E-state index < -0.39 is 65.6 Å². The molecule has 1 amide bonds. The minimum Gasteiger partial charge on any atom is -0.480 e. The molecular formula is C12H6F17NO3. The van der Waals surface area contributed by atoms with E-state index in [9.17, 15) is 84.2 Å². The van der Waals surface area contributed by atoms with Crippen molar-refractivity contribution in [1.82, 2.24) is 5.32 Å². The molecule has 0 aromatic heterocycles. The summed E-state index contributed by atoms with van der Waals surface area (Å²) in [5.74, 6) is -65.0. The highest BCUT2D eigenvalue weighted by Crippen LogP contribution is 2.63. The number of carboxylic acid groups (broad SMARTS) is 1. The highest BCUT2D eigenvalue weighted by Gasteiger charge is 2.95. The first-order valence-corrected chi connectivity index (χ1v) is 7.25. The van der Waals surface area contributed by atoms with Crippen molar-refractivity contribution in [2.75, 3.05) is 0 Å². The van der Waals surface area contributed by atoms with Gasteiger partial charge in [0.15, 0.2) is 0 Å². The Balaban J connectivity index is 6.70. The average Bonchev–Trinajstić information content (AvgIpc) is 2.59. The van der Waals surface area contributed by atoms with Crippen LogP contribution < -0.4 is 5.32 Å². The molecule has 0 fully saturated rings. The van der Waals surface area contributed by atoms with Gasteiger partial charge in [0, 0.05) is 0 Å². The Hall–Kier alpha value is -2.25. The summed E-state index contributed by atoms with van der Waals surface area (Å²) in [6, 6.07) is -2.66. The number of amides is 1. The fourth-order valence-electron chi connectivity index (χ4n) is 1.66. The molecule has 0 saturated heterocycles. The van der Waals surface area contributed by atoms with Crippen LogP contribution in [0.3, 0.4) is 0 Å². The van der Waals surface area contributed by atoms with Crippen LogP contribution in [0.2, 0.25) is 0 Å². The highest BCUT2D eigenvalue weighted by atomic mass is 19.4. The van der Waals surface area contributed by atoms with E-state index in [2.05, 4.69) is 0 Å². The third kappa shape index (κ3) is 4.10. The Labute approximate surface area is 168 Å². The zero-order chi connectivity index (χ0) is 27.4. The van der Waals surface area contributed by atoms with Gasteiger partial charge in [-0.3, -0.25) is 9.59 Å². The Morgan fingerprint density at radius 1 is 0.576 bits per heavy atom. The summed E-state index contributed by atoms with van der Waals surface area (Å²) in [4.78, 5) is 21.3. The summed E-state index contributed by atoms with van der Waals surface area (Å²) in [7, 11) is 0. The fraction of sp³-hybridized carbons (Fsp3) is 0.833. The maximum atomic E-state index is 13.4. The van der Waals surface area contributed by atoms with E-state index in [0.717, 1.165) is 0 Å². The van der Waals surface area contributed by atoms with Gasteiger partial charge in [0.1, 0.15) is 6.04 Å². The molecule has 0 aromatic carbocycles. The fourth-order valence-corrected chi connectivity index (χ4v) is 1.66. The standard InChI is InChI=1S/C12H6F17NO3/c1-2(3(31)32)30-4(33)5(13,14)6(15,16)7(17,18)8(19,20)9(21,22)10(23,24)11(25,26)12(27,28)29/h2H,1H3,(H,30,33)(H,31,32)/t2-/m0/s1. The van der Waals surface area contributed by atoms with Crippen LogP contribution in [0.5, 0.6) is 0 Å². The van der Waals surface area contributed by atoms with Gasteiger partial charge in [-0.05, 0) is 6.92 Å². The molecule has 0 radical (unpaired) electrons. The third-order valence-electron chi connectivity index (χ3n) is 3.73. The summed E-state index contributed by atoms with van der Waals surface area (Å²) in [6.07, 6.45) is -7.87. The number of carboxylic acids is 1. The lowest BCUT2D eigenvalue weighted by Crippen LogP contribution is -2.75. The highest BCUT2D eigenvalue weighted by molar-refractivity contribution is 5.88. The maximum Gasteiger partial charge on any atom is 0.460 e. The van der Waals surface area contributed by atoms with Crippen molar-refractivity contribution in [3.8, 4) is 0 Å². The summed E-state index contributed by atoms with van der Waals surface area (Å²) in [6.45, 7) is 0.190. The van der Waals surface area contributed by atoms with Gasteiger partial charge in [-0.25, -0.2) is 0 Å². The molecule has 0 aliphatic heterocycles. The minimum absolute atomic E-state index is 0.190. The monoisotopic (exact) mass is 535 g/mol. The molecule has 0 unspecified atom stereocenters. The van der Waals surface area contributed by atoms with Crippen molar-refractivity contribution in [1.29, 1.82) is 0 Å². The molecule has 1 atom stereocenters. The largest absolute Gasteiger partial charge is 0.480 e. The van der Waals surface area contributed by atoms with Crippen LogP contribution in [-0.4, -0.2) is 70.7 Å². The number of hydrogen-bond acceptors (Lipinski definition) is 2. The van der Waals surface area contributed by atoms with Crippen LogP contribution in [-0.2, 0) is 9.59 Å². The SMILES string of the molecule is C[C@H](NC(=O)C(F)(F)C(F)(F)C(F)(F)C(F)(F)C(F)(F)C(F)(F)C(F)(F)C(F)(F)F)C(=O)O. The first-order valence-electron chi connectivity index (χ1n) is 7.25. The maximum absolute atomic E-state index is 13.4. The van der Waals surface area contributed by atoms with Crippen LogP contribution >= 0.6 is 0 Å². The number of rotatable bonds is 9. The summed E-state index contributed by atoms with van der Waals surface area (Å²) in [5, 5.41) is 8.58. The Kier molecular flexibility index (Phi) is 7.37. The van der Waals surface area contributed by atoms with Crippen LogP contribution in [0.25, 0.3) is 0 Å². The van der Waals surface area contributed by atoms with Crippen molar-refractivity contribution in [3.05, 3.63) is 0 Å². The molecular weight excluding hydrogens is 529 g/mol. The summed E-state index contributed by atoms with van der Waals surface area (Å²) >= 11 is 0. The average molecular weight is 535 g/mol. The molecule has 0 heterocycles. The molecule has 0 aliphatic carbocycles. The van der Waals surface area contributed by atoms with Gasteiger partial charge >= 0.3 is 53.6 Å². The minimum atomic E-state index is -8.82. The van der Waals surface area contributed by atoms with E-state index in [1.165, 1.54) is 0 Å². The number of aliphatic carboxylic acids is 1. The van der Waals surface area contributed by atoms with Gasteiger partial charge in [-0.1, -0.05) is 0 Å². The second-order valence-corrected chi connectivity index (χ2v) is 6.05. The number of halogens is 17. The van der Waals surface area contributed by atoms with Crippen molar-refractivity contribution in [2.24, 2.45) is 0 Å². The van der Waals surface area contributed by atoms with E-state index in [-0.39, 0.29) is 6.92 Å². The topological polar surface area (TPSA) is 66.4 Å². The lowest BCUT2D eigenvalue weighted by Gasteiger charge is -2.42. The van der Waals surface area contributed by atoms with Crippen molar-refractivity contribution >= 4 is 11.9 Å². The molecule has 196 valence electrons. The zero-order valence-corrected chi connectivity index (χ0v) is 14.8. The quantitative estimate of drug-likeness (QED) is 0.425. The van der Waals surface area contributed by atoms with Crippen LogP contribution in [0.15, 0.2) is 0 Å². The van der Waals surface area contributed by atoms with E-state index in [1.54, 1.807) is 0 Å². The normalized spacial score (nSPS) is 16.4. The Morgan fingerprint density at radius 3 is 1.12 bits per heavy atom. The van der Waals surface area contributed by atoms with E-state index in [0.29, 0.717) is 5.32 Å².